The number of morpholine rings is 1. The number of ether oxygens (including phenoxy) is 1. The minimum atomic E-state index is -0.354. The van der Waals surface area contributed by atoms with E-state index in [4.69, 9.17) is 9.72 Å². The van der Waals surface area contributed by atoms with Crippen LogP contribution in [0.5, 0.6) is 0 Å². The van der Waals surface area contributed by atoms with Crippen LogP contribution in [0.4, 0.5) is 5.95 Å². The summed E-state index contributed by atoms with van der Waals surface area (Å²) in [5.74, 6) is 0.796. The summed E-state index contributed by atoms with van der Waals surface area (Å²) in [5, 5.41) is 3.21. The summed E-state index contributed by atoms with van der Waals surface area (Å²) >= 11 is 0. The highest BCUT2D eigenvalue weighted by Crippen LogP contribution is 2.19. The SMILES string of the molecule is O=C([C@H]1CNCCO1)N1CCN(c2nccc(-c3ccccc3)n2)CC1. The van der Waals surface area contributed by atoms with E-state index in [1.165, 1.54) is 0 Å². The second-order valence-corrected chi connectivity index (χ2v) is 6.48. The van der Waals surface area contributed by atoms with Crippen LogP contribution in [0.2, 0.25) is 0 Å². The number of benzene rings is 1. The molecule has 2 aliphatic heterocycles. The summed E-state index contributed by atoms with van der Waals surface area (Å²) in [5.41, 5.74) is 1.99. The van der Waals surface area contributed by atoms with Crippen molar-refractivity contribution in [2.24, 2.45) is 0 Å². The molecule has 3 heterocycles. The number of carbonyl (C=O) groups excluding carboxylic acids is 1. The lowest BCUT2D eigenvalue weighted by Crippen LogP contribution is -2.55. The number of amides is 1. The minimum absolute atomic E-state index is 0.0794. The number of nitrogens with zero attached hydrogens (tertiary/aromatic N) is 4. The number of carbonyl (C=O) groups is 1. The molecule has 7 nitrogen and oxygen atoms in total. The fourth-order valence-electron chi connectivity index (χ4n) is 3.32. The average Bonchev–Trinajstić information content (AvgIpc) is 2.75. The van der Waals surface area contributed by atoms with Crippen LogP contribution in [0.3, 0.4) is 0 Å². The van der Waals surface area contributed by atoms with Gasteiger partial charge < -0.3 is 19.9 Å². The molecule has 26 heavy (non-hydrogen) atoms. The predicted molar refractivity (Wildman–Crippen MR) is 98.9 cm³/mol. The molecule has 0 saturated carbocycles. The number of piperazine rings is 1. The van der Waals surface area contributed by atoms with Gasteiger partial charge in [0.15, 0.2) is 0 Å². The quantitative estimate of drug-likeness (QED) is 0.879. The maximum atomic E-state index is 12.5. The number of anilines is 1. The minimum Gasteiger partial charge on any atom is -0.366 e. The predicted octanol–water partition coefficient (Wildman–Crippen LogP) is 0.781. The molecule has 1 atom stereocenters. The van der Waals surface area contributed by atoms with Gasteiger partial charge in [0, 0.05) is 51.0 Å². The molecule has 0 spiro atoms. The summed E-state index contributed by atoms with van der Waals surface area (Å²) in [4.78, 5) is 25.7. The van der Waals surface area contributed by atoms with Crippen molar-refractivity contribution in [3.63, 3.8) is 0 Å². The number of aromatic nitrogens is 2. The average molecular weight is 353 g/mol. The van der Waals surface area contributed by atoms with Crippen LogP contribution in [0.1, 0.15) is 0 Å². The second-order valence-electron chi connectivity index (χ2n) is 6.48. The molecule has 1 N–H and O–H groups in total. The van der Waals surface area contributed by atoms with Crippen molar-refractivity contribution in [1.82, 2.24) is 20.2 Å². The first-order valence-corrected chi connectivity index (χ1v) is 9.06. The Balaban J connectivity index is 1.39. The molecule has 1 aromatic heterocycles. The Morgan fingerprint density at radius 2 is 1.92 bits per heavy atom. The lowest BCUT2D eigenvalue weighted by molar-refractivity contribution is -0.145. The zero-order valence-electron chi connectivity index (χ0n) is 14.7. The summed E-state index contributed by atoms with van der Waals surface area (Å²) < 4.78 is 5.58. The third-order valence-corrected chi connectivity index (χ3v) is 4.79. The Labute approximate surface area is 153 Å². The first-order chi connectivity index (χ1) is 12.8. The highest BCUT2D eigenvalue weighted by atomic mass is 16.5. The van der Waals surface area contributed by atoms with Crippen LogP contribution in [-0.4, -0.2) is 72.8 Å². The molecule has 136 valence electrons. The van der Waals surface area contributed by atoms with Crippen molar-refractivity contribution in [3.05, 3.63) is 42.6 Å². The molecule has 0 aliphatic carbocycles. The molecule has 0 bridgehead atoms. The van der Waals surface area contributed by atoms with E-state index in [1.807, 2.05) is 41.3 Å². The van der Waals surface area contributed by atoms with Crippen molar-refractivity contribution in [3.8, 4) is 11.3 Å². The lowest BCUT2D eigenvalue weighted by Gasteiger charge is -2.37. The summed E-state index contributed by atoms with van der Waals surface area (Å²) in [6.45, 7) is 4.79. The van der Waals surface area contributed by atoms with Crippen molar-refractivity contribution in [1.29, 1.82) is 0 Å². The van der Waals surface area contributed by atoms with Crippen molar-refractivity contribution < 1.29 is 9.53 Å². The zero-order chi connectivity index (χ0) is 17.8. The molecular formula is C19H23N5O2. The summed E-state index contributed by atoms with van der Waals surface area (Å²) in [6.07, 6.45) is 1.44. The number of hydrogen-bond acceptors (Lipinski definition) is 6. The Bertz CT molecular complexity index is 741. The number of rotatable bonds is 3. The first kappa shape index (κ1) is 16.9. The van der Waals surface area contributed by atoms with Crippen LogP contribution in [0.25, 0.3) is 11.3 Å². The maximum absolute atomic E-state index is 12.5. The molecule has 2 saturated heterocycles. The normalized spacial score (nSPS) is 20.8. The van der Waals surface area contributed by atoms with Gasteiger partial charge in [0.05, 0.1) is 12.3 Å². The topological polar surface area (TPSA) is 70.6 Å². The molecule has 2 aromatic rings. The van der Waals surface area contributed by atoms with Gasteiger partial charge in [-0.25, -0.2) is 9.97 Å². The van der Waals surface area contributed by atoms with Crippen molar-refractivity contribution >= 4 is 11.9 Å². The van der Waals surface area contributed by atoms with E-state index >= 15 is 0 Å². The number of nitrogens with one attached hydrogen (secondary N) is 1. The monoisotopic (exact) mass is 353 g/mol. The third kappa shape index (κ3) is 3.68. The van der Waals surface area contributed by atoms with Crippen LogP contribution >= 0.6 is 0 Å². The lowest BCUT2D eigenvalue weighted by atomic mass is 10.1. The highest BCUT2D eigenvalue weighted by Gasteiger charge is 2.29. The van der Waals surface area contributed by atoms with E-state index in [0.717, 1.165) is 30.9 Å². The summed E-state index contributed by atoms with van der Waals surface area (Å²) in [6, 6.07) is 12.0. The number of hydrogen-bond donors (Lipinski definition) is 1. The van der Waals surface area contributed by atoms with E-state index < -0.39 is 0 Å². The van der Waals surface area contributed by atoms with E-state index in [-0.39, 0.29) is 12.0 Å². The smallest absolute Gasteiger partial charge is 0.253 e. The molecule has 0 radical (unpaired) electrons. The Kier molecular flexibility index (Phi) is 5.08. The Morgan fingerprint density at radius 1 is 1.12 bits per heavy atom. The van der Waals surface area contributed by atoms with Gasteiger partial charge in [0.1, 0.15) is 6.10 Å². The van der Waals surface area contributed by atoms with E-state index in [0.29, 0.717) is 32.2 Å². The van der Waals surface area contributed by atoms with Gasteiger partial charge in [-0.15, -0.1) is 0 Å². The van der Waals surface area contributed by atoms with Crippen molar-refractivity contribution in [2.45, 2.75) is 6.10 Å². The Morgan fingerprint density at radius 3 is 2.65 bits per heavy atom. The fraction of sp³-hybridized carbons (Fsp3) is 0.421. The second kappa shape index (κ2) is 7.80. The largest absolute Gasteiger partial charge is 0.366 e. The third-order valence-electron chi connectivity index (χ3n) is 4.79. The van der Waals surface area contributed by atoms with E-state index in [9.17, 15) is 4.79 Å². The van der Waals surface area contributed by atoms with Crippen LogP contribution < -0.4 is 10.2 Å². The highest BCUT2D eigenvalue weighted by molar-refractivity contribution is 5.81. The van der Waals surface area contributed by atoms with Crippen molar-refractivity contribution in [2.75, 3.05) is 50.8 Å². The molecule has 0 unspecified atom stereocenters. The molecular weight excluding hydrogens is 330 g/mol. The molecule has 1 amide bonds. The first-order valence-electron chi connectivity index (χ1n) is 9.06. The van der Waals surface area contributed by atoms with E-state index in [2.05, 4.69) is 15.2 Å². The zero-order valence-corrected chi connectivity index (χ0v) is 14.7. The van der Waals surface area contributed by atoms with Gasteiger partial charge in [-0.1, -0.05) is 30.3 Å². The molecule has 2 aliphatic rings. The maximum Gasteiger partial charge on any atom is 0.253 e. The summed E-state index contributed by atoms with van der Waals surface area (Å²) in [7, 11) is 0. The molecule has 1 aromatic carbocycles. The van der Waals surface area contributed by atoms with Gasteiger partial charge in [-0.05, 0) is 6.07 Å². The van der Waals surface area contributed by atoms with Crippen LogP contribution in [-0.2, 0) is 9.53 Å². The van der Waals surface area contributed by atoms with Gasteiger partial charge in [0.2, 0.25) is 5.95 Å². The standard InChI is InChI=1S/C19H23N5O2/c25-18(17-14-20-8-13-26-17)23-9-11-24(12-10-23)19-21-7-6-16(22-19)15-4-2-1-3-5-15/h1-7,17,20H,8-14H2/t17-/m1/s1. The molecule has 2 fully saturated rings. The molecule has 4 rings (SSSR count). The van der Waals surface area contributed by atoms with Crippen LogP contribution in [0, 0.1) is 0 Å². The van der Waals surface area contributed by atoms with Gasteiger partial charge in [0.25, 0.3) is 5.91 Å². The van der Waals surface area contributed by atoms with E-state index in [1.54, 1.807) is 6.20 Å². The molecule has 7 heteroatoms. The van der Waals surface area contributed by atoms with Crippen LogP contribution in [0.15, 0.2) is 42.6 Å². The van der Waals surface area contributed by atoms with Gasteiger partial charge >= 0.3 is 0 Å². The van der Waals surface area contributed by atoms with Gasteiger partial charge in [-0.3, -0.25) is 4.79 Å². The van der Waals surface area contributed by atoms with Gasteiger partial charge in [-0.2, -0.15) is 0 Å². The Hall–Kier alpha value is -2.51. The fourth-order valence-corrected chi connectivity index (χ4v) is 3.32.